The molecule has 0 atom stereocenters. The first kappa shape index (κ1) is 24.7. The Balaban J connectivity index is 0.00000320. The Morgan fingerprint density at radius 1 is 1.27 bits per heavy atom. The number of aromatic nitrogens is 1. The first-order chi connectivity index (χ1) is 13.9. The van der Waals surface area contributed by atoms with Gasteiger partial charge in [0.15, 0.2) is 11.7 Å². The van der Waals surface area contributed by atoms with Gasteiger partial charge in [-0.05, 0) is 30.5 Å². The van der Waals surface area contributed by atoms with Crippen LogP contribution in [-0.2, 0) is 18.1 Å². The summed E-state index contributed by atoms with van der Waals surface area (Å²) in [5.74, 6) is 1.38. The van der Waals surface area contributed by atoms with Crippen molar-refractivity contribution in [1.29, 1.82) is 0 Å². The molecule has 1 fully saturated rings. The van der Waals surface area contributed by atoms with Gasteiger partial charge in [0, 0.05) is 24.4 Å². The maximum atomic E-state index is 12.7. The van der Waals surface area contributed by atoms with Crippen molar-refractivity contribution in [3.8, 4) is 5.75 Å². The second-order valence-corrected chi connectivity index (χ2v) is 8.07. The third-order valence-corrected chi connectivity index (χ3v) is 6.16. The second kappa shape index (κ2) is 10.7. The lowest BCUT2D eigenvalue weighted by molar-refractivity contribution is -0.140. The van der Waals surface area contributed by atoms with Crippen molar-refractivity contribution in [3.63, 3.8) is 0 Å². The fourth-order valence-electron chi connectivity index (χ4n) is 3.73. The van der Waals surface area contributed by atoms with Crippen LogP contribution in [0.2, 0.25) is 0 Å². The van der Waals surface area contributed by atoms with Gasteiger partial charge in [0.1, 0.15) is 10.8 Å². The van der Waals surface area contributed by atoms with E-state index in [0.717, 1.165) is 48.1 Å². The standard InChI is InChI=1S/C20H25F3N4OS.HI/c1-24-18(25-11-17-27-16(12-29-17)20(21,22)23)26-13-19(8-3-4-9-19)14-6-5-7-15(10-14)28-2;/h5-7,10,12H,3-4,8-9,11,13H2,1-2H3,(H2,24,25,26);1H. The van der Waals surface area contributed by atoms with E-state index in [4.69, 9.17) is 4.74 Å². The summed E-state index contributed by atoms with van der Waals surface area (Å²) < 4.78 is 43.5. The van der Waals surface area contributed by atoms with Crippen LogP contribution in [0.3, 0.4) is 0 Å². The molecule has 0 radical (unpaired) electrons. The highest BCUT2D eigenvalue weighted by Gasteiger charge is 2.36. The number of benzene rings is 1. The number of nitrogens with one attached hydrogen (secondary N) is 2. The lowest BCUT2D eigenvalue weighted by Gasteiger charge is -2.31. The topological polar surface area (TPSA) is 58.5 Å². The summed E-state index contributed by atoms with van der Waals surface area (Å²) in [6.45, 7) is 0.873. The second-order valence-electron chi connectivity index (χ2n) is 7.12. The van der Waals surface area contributed by atoms with E-state index in [1.165, 1.54) is 5.56 Å². The number of aliphatic imine (C=N–C) groups is 1. The highest BCUT2D eigenvalue weighted by molar-refractivity contribution is 14.0. The maximum absolute atomic E-state index is 12.7. The Hall–Kier alpha value is -1.56. The Bertz CT molecular complexity index is 851. The van der Waals surface area contributed by atoms with Crippen LogP contribution >= 0.6 is 35.3 Å². The Kier molecular flexibility index (Phi) is 8.77. The van der Waals surface area contributed by atoms with Gasteiger partial charge in [0.25, 0.3) is 0 Å². The molecule has 1 aromatic heterocycles. The number of guanidine groups is 1. The number of ether oxygens (including phenoxy) is 1. The monoisotopic (exact) mass is 554 g/mol. The summed E-state index contributed by atoms with van der Waals surface area (Å²) in [5.41, 5.74) is 0.355. The van der Waals surface area contributed by atoms with Gasteiger partial charge in [-0.2, -0.15) is 13.2 Å². The number of hydrogen-bond acceptors (Lipinski definition) is 4. The molecule has 0 unspecified atom stereocenters. The van der Waals surface area contributed by atoms with Crippen molar-refractivity contribution in [3.05, 3.63) is 45.9 Å². The van der Waals surface area contributed by atoms with Crippen LogP contribution < -0.4 is 15.4 Å². The van der Waals surface area contributed by atoms with Crippen LogP contribution in [0.15, 0.2) is 34.6 Å². The van der Waals surface area contributed by atoms with E-state index in [1.807, 2.05) is 12.1 Å². The molecule has 1 saturated carbocycles. The van der Waals surface area contributed by atoms with Crippen LogP contribution in [-0.4, -0.2) is 31.6 Å². The van der Waals surface area contributed by atoms with Crippen molar-refractivity contribution in [2.45, 2.75) is 43.8 Å². The summed E-state index contributed by atoms with van der Waals surface area (Å²) in [6.07, 6.45) is 0.0198. The highest BCUT2D eigenvalue weighted by atomic mass is 127. The first-order valence-corrected chi connectivity index (χ1v) is 10.3. The molecule has 1 aliphatic rings. The van der Waals surface area contributed by atoms with Crippen molar-refractivity contribution in [2.24, 2.45) is 4.99 Å². The van der Waals surface area contributed by atoms with Crippen molar-refractivity contribution in [2.75, 3.05) is 20.7 Å². The van der Waals surface area contributed by atoms with E-state index in [2.05, 4.69) is 32.7 Å². The highest BCUT2D eigenvalue weighted by Crippen LogP contribution is 2.41. The largest absolute Gasteiger partial charge is 0.497 e. The summed E-state index contributed by atoms with van der Waals surface area (Å²) >= 11 is 0.982. The number of hydrogen-bond donors (Lipinski definition) is 2. The van der Waals surface area contributed by atoms with Crippen molar-refractivity contribution >= 4 is 41.3 Å². The molecule has 1 heterocycles. The molecule has 1 aliphatic carbocycles. The van der Waals surface area contributed by atoms with Gasteiger partial charge in [-0.3, -0.25) is 4.99 Å². The molecule has 1 aromatic carbocycles. The molecule has 10 heteroatoms. The molecule has 2 aromatic rings. The van der Waals surface area contributed by atoms with Gasteiger partial charge in [0.2, 0.25) is 0 Å². The van der Waals surface area contributed by atoms with Crippen LogP contribution in [0, 0.1) is 0 Å². The Morgan fingerprint density at radius 3 is 2.60 bits per heavy atom. The third kappa shape index (κ3) is 5.99. The van der Waals surface area contributed by atoms with Crippen LogP contribution in [0.5, 0.6) is 5.75 Å². The minimum Gasteiger partial charge on any atom is -0.497 e. The molecule has 0 saturated heterocycles. The molecule has 0 amide bonds. The van der Waals surface area contributed by atoms with E-state index < -0.39 is 11.9 Å². The fraction of sp³-hybridized carbons (Fsp3) is 0.500. The number of halogens is 4. The number of alkyl halides is 3. The molecular weight excluding hydrogens is 528 g/mol. The number of rotatable bonds is 6. The molecule has 30 heavy (non-hydrogen) atoms. The first-order valence-electron chi connectivity index (χ1n) is 9.47. The van der Waals surface area contributed by atoms with E-state index >= 15 is 0 Å². The third-order valence-electron chi connectivity index (χ3n) is 5.31. The van der Waals surface area contributed by atoms with Crippen molar-refractivity contribution in [1.82, 2.24) is 15.6 Å². The Labute approximate surface area is 195 Å². The average molecular weight is 554 g/mol. The zero-order valence-electron chi connectivity index (χ0n) is 16.9. The van der Waals surface area contributed by atoms with Gasteiger partial charge < -0.3 is 15.4 Å². The van der Waals surface area contributed by atoms with Gasteiger partial charge in [-0.25, -0.2) is 4.98 Å². The molecule has 166 valence electrons. The average Bonchev–Trinajstić information content (AvgIpc) is 3.38. The van der Waals surface area contributed by atoms with Gasteiger partial charge in [-0.15, -0.1) is 35.3 Å². The van der Waals surface area contributed by atoms with Crippen molar-refractivity contribution < 1.29 is 17.9 Å². The SMILES string of the molecule is CN=C(NCc1nc(C(F)(F)F)cs1)NCC1(c2cccc(OC)c2)CCCC1.I. The normalized spacial score (nSPS) is 16.1. The lowest BCUT2D eigenvalue weighted by atomic mass is 9.78. The summed E-state index contributed by atoms with van der Waals surface area (Å²) in [6, 6.07) is 8.14. The fourth-order valence-corrected chi connectivity index (χ4v) is 4.47. The van der Waals surface area contributed by atoms with Gasteiger partial charge in [-0.1, -0.05) is 25.0 Å². The summed E-state index contributed by atoms with van der Waals surface area (Å²) in [4.78, 5) is 7.84. The lowest BCUT2D eigenvalue weighted by Crippen LogP contribution is -2.44. The summed E-state index contributed by atoms with van der Waals surface area (Å²) in [7, 11) is 3.30. The number of nitrogens with zero attached hydrogens (tertiary/aromatic N) is 2. The predicted molar refractivity (Wildman–Crippen MR) is 124 cm³/mol. The van der Waals surface area contributed by atoms with E-state index in [9.17, 15) is 13.2 Å². The minimum atomic E-state index is -4.42. The minimum absolute atomic E-state index is 0. The zero-order chi connectivity index (χ0) is 20.9. The quantitative estimate of drug-likeness (QED) is 0.301. The predicted octanol–water partition coefficient (Wildman–Crippen LogP) is 4.97. The molecule has 0 spiro atoms. The van der Waals surface area contributed by atoms with E-state index in [1.54, 1.807) is 14.2 Å². The van der Waals surface area contributed by atoms with Crippen LogP contribution in [0.25, 0.3) is 0 Å². The number of thiazole rings is 1. The molecule has 0 bridgehead atoms. The molecule has 5 nitrogen and oxygen atoms in total. The molecule has 2 N–H and O–H groups in total. The molecule has 3 rings (SSSR count). The Morgan fingerprint density at radius 2 is 2.00 bits per heavy atom. The van der Waals surface area contributed by atoms with E-state index in [0.29, 0.717) is 17.5 Å². The van der Waals surface area contributed by atoms with Gasteiger partial charge >= 0.3 is 6.18 Å². The van der Waals surface area contributed by atoms with Crippen LogP contribution in [0.1, 0.15) is 41.9 Å². The van der Waals surface area contributed by atoms with Gasteiger partial charge in [0.05, 0.1) is 13.7 Å². The molecule has 0 aliphatic heterocycles. The smallest absolute Gasteiger partial charge is 0.434 e. The molecular formula is C20H26F3IN4OS. The number of methoxy groups -OCH3 is 1. The maximum Gasteiger partial charge on any atom is 0.434 e. The summed E-state index contributed by atoms with van der Waals surface area (Å²) in [5, 5.41) is 7.80. The van der Waals surface area contributed by atoms with Crippen LogP contribution in [0.4, 0.5) is 13.2 Å². The van der Waals surface area contributed by atoms with E-state index in [-0.39, 0.29) is 35.9 Å². The zero-order valence-corrected chi connectivity index (χ0v) is 20.0.